The van der Waals surface area contributed by atoms with Crippen molar-refractivity contribution in [3.05, 3.63) is 156 Å². The number of hydrogen-bond donors (Lipinski definition) is 0. The molecular weight excluding hydrogens is 605 g/mol. The minimum absolute atomic E-state index is 0.663. The van der Waals surface area contributed by atoms with Crippen molar-refractivity contribution in [2.24, 2.45) is 0 Å². The molecule has 7 aromatic carbocycles. The second-order valence-electron chi connectivity index (χ2n) is 12.5. The molecule has 11 rings (SSSR count). The molecule has 0 radical (unpaired) electrons. The van der Waals surface area contributed by atoms with Crippen molar-refractivity contribution in [2.45, 2.75) is 0 Å². The lowest BCUT2D eigenvalue weighted by molar-refractivity contribution is 0.667. The van der Waals surface area contributed by atoms with Gasteiger partial charge in [0.25, 0.3) is 0 Å². The molecule has 0 aliphatic heterocycles. The highest BCUT2D eigenvalue weighted by Crippen LogP contribution is 2.55. The first-order valence-corrected chi connectivity index (χ1v) is 17.0. The van der Waals surface area contributed by atoms with Gasteiger partial charge in [-0.3, -0.25) is 0 Å². The van der Waals surface area contributed by atoms with Crippen LogP contribution in [0.5, 0.6) is 0 Å². The molecule has 3 nitrogen and oxygen atoms in total. The number of hydrogen-bond acceptors (Lipinski definition) is 4. The van der Waals surface area contributed by atoms with Crippen LogP contribution in [0, 0.1) is 0 Å². The van der Waals surface area contributed by atoms with E-state index in [1.165, 1.54) is 58.6 Å². The minimum atomic E-state index is 0.663. The summed E-state index contributed by atoms with van der Waals surface area (Å²) in [6.07, 6.45) is 2.21. The summed E-state index contributed by atoms with van der Waals surface area (Å²) in [5.41, 5.74) is 10.3. The highest BCUT2D eigenvalue weighted by Gasteiger charge is 2.30. The van der Waals surface area contributed by atoms with E-state index in [4.69, 9.17) is 14.4 Å². The van der Waals surface area contributed by atoms with E-state index >= 15 is 0 Å². The van der Waals surface area contributed by atoms with Gasteiger partial charge < -0.3 is 4.42 Å². The van der Waals surface area contributed by atoms with Crippen LogP contribution >= 0.6 is 11.3 Å². The van der Waals surface area contributed by atoms with Crippen molar-refractivity contribution in [1.29, 1.82) is 0 Å². The van der Waals surface area contributed by atoms with Gasteiger partial charge in [0.05, 0.1) is 0 Å². The fourth-order valence-electron chi connectivity index (χ4n) is 7.75. The fourth-order valence-corrected chi connectivity index (χ4v) is 8.99. The SMILES string of the molecule is C(=C1\c2ccccc2-c2c1c1c3ccccc3sc1c1ccccc21)/c1nc(-c2ccc3ccccc3c2)c2oc3ccccc3c2n1. The molecule has 0 bridgehead atoms. The number of rotatable bonds is 2. The Bertz CT molecular complexity index is 3020. The zero-order chi connectivity index (χ0) is 31.3. The number of aromatic nitrogens is 2. The zero-order valence-corrected chi connectivity index (χ0v) is 26.4. The predicted molar refractivity (Wildman–Crippen MR) is 201 cm³/mol. The van der Waals surface area contributed by atoms with Gasteiger partial charge in [0.1, 0.15) is 16.8 Å². The molecule has 1 aliphatic rings. The maximum Gasteiger partial charge on any atom is 0.180 e. The number of nitrogens with zero attached hydrogens (tertiary/aromatic N) is 2. The minimum Gasteiger partial charge on any atom is -0.452 e. The van der Waals surface area contributed by atoms with Crippen molar-refractivity contribution in [1.82, 2.24) is 9.97 Å². The summed E-state index contributed by atoms with van der Waals surface area (Å²) in [4.78, 5) is 10.5. The molecule has 4 heteroatoms. The fraction of sp³-hybridized carbons (Fsp3) is 0. The molecule has 10 aromatic rings. The molecule has 48 heavy (non-hydrogen) atoms. The summed E-state index contributed by atoms with van der Waals surface area (Å²) >= 11 is 1.88. The maximum atomic E-state index is 6.49. The number of benzene rings is 7. The Kier molecular flexibility index (Phi) is 5.26. The van der Waals surface area contributed by atoms with E-state index in [0.29, 0.717) is 11.4 Å². The smallest absolute Gasteiger partial charge is 0.180 e. The van der Waals surface area contributed by atoms with E-state index in [9.17, 15) is 0 Å². The molecule has 0 spiro atoms. The van der Waals surface area contributed by atoms with Crippen LogP contribution < -0.4 is 0 Å². The average Bonchev–Trinajstić information content (AvgIpc) is 3.81. The normalized spacial score (nSPS) is 13.5. The van der Waals surface area contributed by atoms with Crippen LogP contribution in [-0.2, 0) is 0 Å². The Balaban J connectivity index is 1.26. The molecule has 3 heterocycles. The first kappa shape index (κ1) is 26.0. The number of fused-ring (bicyclic) bond motifs is 14. The molecule has 0 saturated heterocycles. The van der Waals surface area contributed by atoms with E-state index in [-0.39, 0.29) is 0 Å². The van der Waals surface area contributed by atoms with Crippen molar-refractivity contribution < 1.29 is 4.42 Å². The summed E-state index contributed by atoms with van der Waals surface area (Å²) in [6, 6.07) is 49.5. The zero-order valence-electron chi connectivity index (χ0n) is 25.6. The first-order valence-electron chi connectivity index (χ1n) is 16.2. The van der Waals surface area contributed by atoms with E-state index in [1.54, 1.807) is 0 Å². The Labute approximate surface area is 279 Å². The van der Waals surface area contributed by atoms with Crippen molar-refractivity contribution >= 4 is 86.8 Å². The lowest BCUT2D eigenvalue weighted by atomic mass is 9.92. The Morgan fingerprint density at radius 1 is 0.562 bits per heavy atom. The topological polar surface area (TPSA) is 38.9 Å². The van der Waals surface area contributed by atoms with Crippen molar-refractivity contribution in [3.63, 3.8) is 0 Å². The van der Waals surface area contributed by atoms with Gasteiger partial charge >= 0.3 is 0 Å². The van der Waals surface area contributed by atoms with Gasteiger partial charge in [-0.05, 0) is 68.8 Å². The van der Waals surface area contributed by atoms with E-state index in [1.807, 2.05) is 29.5 Å². The van der Waals surface area contributed by atoms with Crippen LogP contribution in [0.4, 0.5) is 0 Å². The Hall–Kier alpha value is -6.10. The second kappa shape index (κ2) is 9.71. The molecule has 222 valence electrons. The third-order valence-corrected chi connectivity index (χ3v) is 11.0. The standard InChI is InChI=1S/C44H24N2OS/c1-2-12-26-23-27(22-21-25(26)11-1)41-43-42(32-17-7-9-19-35(32)47-43)46-37(45-41)24-34-28-13-3-4-14-29(28)38-30-15-5-6-16-31(30)44-40(39(34)38)33-18-8-10-20-36(33)48-44/h1-24H/b34-24-. The average molecular weight is 629 g/mol. The second-order valence-corrected chi connectivity index (χ2v) is 13.5. The predicted octanol–water partition coefficient (Wildman–Crippen LogP) is 12.3. The molecule has 0 unspecified atom stereocenters. The molecule has 0 N–H and O–H groups in total. The first-order chi connectivity index (χ1) is 23.8. The highest BCUT2D eigenvalue weighted by atomic mass is 32.1. The maximum absolute atomic E-state index is 6.49. The van der Waals surface area contributed by atoms with Crippen LogP contribution in [0.25, 0.3) is 97.8 Å². The number of para-hydroxylation sites is 1. The van der Waals surface area contributed by atoms with Gasteiger partial charge in [-0.2, -0.15) is 0 Å². The summed E-state index contributed by atoms with van der Waals surface area (Å²) in [7, 11) is 0. The van der Waals surface area contributed by atoms with Gasteiger partial charge in [-0.25, -0.2) is 9.97 Å². The molecule has 1 aliphatic carbocycles. The van der Waals surface area contributed by atoms with Crippen LogP contribution in [0.2, 0.25) is 0 Å². The van der Waals surface area contributed by atoms with Crippen LogP contribution in [0.1, 0.15) is 17.0 Å². The van der Waals surface area contributed by atoms with E-state index in [0.717, 1.165) is 38.7 Å². The Morgan fingerprint density at radius 2 is 1.27 bits per heavy atom. The van der Waals surface area contributed by atoms with Crippen LogP contribution in [0.15, 0.2) is 144 Å². The molecule has 0 amide bonds. The molecule has 0 fully saturated rings. The van der Waals surface area contributed by atoms with Gasteiger partial charge in [-0.1, -0.05) is 115 Å². The molecule has 0 saturated carbocycles. The summed E-state index contributed by atoms with van der Waals surface area (Å²) in [5, 5.41) is 8.50. The van der Waals surface area contributed by atoms with Crippen LogP contribution in [0.3, 0.4) is 0 Å². The largest absolute Gasteiger partial charge is 0.452 e. The third kappa shape index (κ3) is 3.58. The van der Waals surface area contributed by atoms with E-state index in [2.05, 4.69) is 127 Å². The third-order valence-electron chi connectivity index (χ3n) is 9.83. The quantitative estimate of drug-likeness (QED) is 0.191. The van der Waals surface area contributed by atoms with Crippen molar-refractivity contribution in [2.75, 3.05) is 0 Å². The summed E-state index contributed by atoms with van der Waals surface area (Å²) in [6.45, 7) is 0. The van der Waals surface area contributed by atoms with Gasteiger partial charge in [0.2, 0.25) is 0 Å². The van der Waals surface area contributed by atoms with Crippen LogP contribution in [-0.4, -0.2) is 9.97 Å². The Morgan fingerprint density at radius 3 is 2.17 bits per heavy atom. The van der Waals surface area contributed by atoms with Gasteiger partial charge in [-0.15, -0.1) is 11.3 Å². The van der Waals surface area contributed by atoms with Crippen molar-refractivity contribution in [3.8, 4) is 22.4 Å². The number of thiophene rings is 1. The molecule has 3 aromatic heterocycles. The molecule has 0 atom stereocenters. The van der Waals surface area contributed by atoms with Gasteiger partial charge in [0.15, 0.2) is 11.4 Å². The lowest BCUT2D eigenvalue weighted by Crippen LogP contribution is -1.95. The number of furan rings is 1. The van der Waals surface area contributed by atoms with E-state index < -0.39 is 0 Å². The monoisotopic (exact) mass is 628 g/mol. The highest BCUT2D eigenvalue weighted by molar-refractivity contribution is 7.26. The molecular formula is C44H24N2OS. The summed E-state index contributed by atoms with van der Waals surface area (Å²) < 4.78 is 9.10. The summed E-state index contributed by atoms with van der Waals surface area (Å²) in [5.74, 6) is 0.663. The van der Waals surface area contributed by atoms with Gasteiger partial charge in [0, 0.05) is 42.1 Å². The lowest BCUT2D eigenvalue weighted by Gasteiger charge is -2.11.